The molecule has 3 aliphatic rings. The van der Waals surface area contributed by atoms with Gasteiger partial charge in [0.25, 0.3) is 0 Å². The summed E-state index contributed by atoms with van der Waals surface area (Å²) >= 11 is 0. The van der Waals surface area contributed by atoms with Gasteiger partial charge in [0.2, 0.25) is 5.78 Å². The van der Waals surface area contributed by atoms with Crippen molar-refractivity contribution in [3.63, 3.8) is 0 Å². The van der Waals surface area contributed by atoms with Gasteiger partial charge < -0.3 is 10.0 Å². The number of aliphatic hydroxyl groups is 1. The van der Waals surface area contributed by atoms with Gasteiger partial charge in [0.1, 0.15) is 0 Å². The van der Waals surface area contributed by atoms with Crippen LogP contribution in [-0.2, 0) is 15.8 Å². The fourth-order valence-electron chi connectivity index (χ4n) is 4.20. The highest BCUT2D eigenvalue weighted by molar-refractivity contribution is 6.25. The number of ketones is 2. The van der Waals surface area contributed by atoms with Crippen LogP contribution in [0.1, 0.15) is 43.7 Å². The van der Waals surface area contributed by atoms with E-state index in [1.807, 2.05) is 0 Å². The first-order valence-electron chi connectivity index (χ1n) is 9.53. The van der Waals surface area contributed by atoms with E-state index in [0.29, 0.717) is 5.70 Å². The maximum absolute atomic E-state index is 13.6. The van der Waals surface area contributed by atoms with Crippen molar-refractivity contribution in [1.82, 2.24) is 4.90 Å². The molecule has 0 aromatic heterocycles. The van der Waals surface area contributed by atoms with Crippen molar-refractivity contribution < 1.29 is 27.9 Å². The molecule has 1 fully saturated rings. The third-order valence-electron chi connectivity index (χ3n) is 5.83. The highest BCUT2D eigenvalue weighted by Crippen LogP contribution is 2.43. The molecule has 152 valence electrons. The number of carbonyl (C=O) groups excluding carboxylic acids is 2. The number of carbonyl (C=O) groups is 2. The van der Waals surface area contributed by atoms with E-state index in [-0.39, 0.29) is 22.8 Å². The second-order valence-corrected chi connectivity index (χ2v) is 7.83. The van der Waals surface area contributed by atoms with Crippen LogP contribution in [0.2, 0.25) is 0 Å². The van der Waals surface area contributed by atoms with Crippen LogP contribution in [0.4, 0.5) is 13.2 Å². The zero-order valence-corrected chi connectivity index (χ0v) is 15.8. The van der Waals surface area contributed by atoms with Gasteiger partial charge in [-0.3, -0.25) is 9.59 Å². The topological polar surface area (TPSA) is 57.6 Å². The van der Waals surface area contributed by atoms with E-state index in [9.17, 15) is 27.9 Å². The summed E-state index contributed by atoms with van der Waals surface area (Å²) in [7, 11) is 0. The van der Waals surface area contributed by atoms with Gasteiger partial charge in [-0.1, -0.05) is 31.0 Å². The minimum Gasteiger partial charge on any atom is -0.374 e. The molecule has 4 nitrogen and oxygen atoms in total. The average Bonchev–Trinajstić information content (AvgIpc) is 3.20. The van der Waals surface area contributed by atoms with Gasteiger partial charge in [0.05, 0.1) is 5.56 Å². The summed E-state index contributed by atoms with van der Waals surface area (Å²) in [6.45, 7) is 1.14. The van der Waals surface area contributed by atoms with E-state index in [4.69, 9.17) is 0 Å². The van der Waals surface area contributed by atoms with Crippen molar-refractivity contribution in [2.45, 2.75) is 50.4 Å². The van der Waals surface area contributed by atoms with Gasteiger partial charge in [-0.25, -0.2) is 0 Å². The Kier molecular flexibility index (Phi) is 4.53. The van der Waals surface area contributed by atoms with Crippen LogP contribution >= 0.6 is 0 Å². The summed E-state index contributed by atoms with van der Waals surface area (Å²) < 4.78 is 40.9. The molecule has 29 heavy (non-hydrogen) atoms. The van der Waals surface area contributed by atoms with E-state index < -0.39 is 28.9 Å². The number of halogens is 3. The van der Waals surface area contributed by atoms with E-state index in [1.165, 1.54) is 30.5 Å². The first-order chi connectivity index (χ1) is 13.6. The normalized spacial score (nSPS) is 25.6. The smallest absolute Gasteiger partial charge is 0.374 e. The van der Waals surface area contributed by atoms with E-state index in [0.717, 1.165) is 44.7 Å². The number of rotatable bonds is 2. The molecule has 0 saturated heterocycles. The number of allylic oxidation sites excluding steroid dienone is 2. The number of benzene rings is 1. The van der Waals surface area contributed by atoms with Gasteiger partial charge in [-0.05, 0) is 43.6 Å². The molecule has 1 aromatic rings. The highest BCUT2D eigenvalue weighted by atomic mass is 19.4. The summed E-state index contributed by atoms with van der Waals surface area (Å²) in [4.78, 5) is 26.6. The van der Waals surface area contributed by atoms with Crippen LogP contribution in [0, 0.1) is 0 Å². The van der Waals surface area contributed by atoms with Crippen LogP contribution < -0.4 is 0 Å². The molecule has 7 heteroatoms. The van der Waals surface area contributed by atoms with Crippen molar-refractivity contribution in [2.75, 3.05) is 0 Å². The van der Waals surface area contributed by atoms with Crippen LogP contribution in [0.5, 0.6) is 0 Å². The Morgan fingerprint density at radius 2 is 1.76 bits per heavy atom. The number of Topliss-reactive ketones (excluding diaryl/α,β-unsaturated/α-hetero) is 1. The lowest BCUT2D eigenvalue weighted by molar-refractivity contribution is -0.144. The predicted molar refractivity (Wildman–Crippen MR) is 100 cm³/mol. The predicted octanol–water partition coefficient (Wildman–Crippen LogP) is 4.02. The third kappa shape index (κ3) is 3.23. The lowest BCUT2D eigenvalue weighted by Crippen LogP contribution is -2.47. The second-order valence-electron chi connectivity index (χ2n) is 7.83. The highest BCUT2D eigenvalue weighted by Gasteiger charge is 2.45. The molecule has 1 aromatic carbocycles. The van der Waals surface area contributed by atoms with Gasteiger partial charge in [-0.15, -0.1) is 0 Å². The molecule has 2 aliphatic carbocycles. The van der Waals surface area contributed by atoms with E-state index in [2.05, 4.69) is 0 Å². The van der Waals surface area contributed by atoms with Crippen molar-refractivity contribution in [3.05, 3.63) is 64.9 Å². The maximum atomic E-state index is 13.6. The van der Waals surface area contributed by atoms with Gasteiger partial charge >= 0.3 is 6.18 Å². The molecule has 0 bridgehead atoms. The van der Waals surface area contributed by atoms with Gasteiger partial charge in [0.15, 0.2) is 11.4 Å². The van der Waals surface area contributed by atoms with Gasteiger partial charge in [0, 0.05) is 29.1 Å². The minimum atomic E-state index is -4.54. The quantitative estimate of drug-likeness (QED) is 0.758. The molecule has 0 amide bonds. The largest absolute Gasteiger partial charge is 0.417 e. The summed E-state index contributed by atoms with van der Waals surface area (Å²) in [5, 5.41) is 10.3. The van der Waals surface area contributed by atoms with Crippen LogP contribution in [0.15, 0.2) is 53.8 Å². The molecular formula is C22H20F3NO3. The Labute approximate surface area is 166 Å². The molecule has 4 rings (SSSR count). The monoisotopic (exact) mass is 403 g/mol. The molecule has 0 radical (unpaired) electrons. The maximum Gasteiger partial charge on any atom is 0.417 e. The fourth-order valence-corrected chi connectivity index (χ4v) is 4.20. The van der Waals surface area contributed by atoms with Crippen LogP contribution in [0.25, 0.3) is 5.70 Å². The molecule has 0 spiro atoms. The number of hydrogen-bond donors (Lipinski definition) is 1. The first kappa shape index (κ1) is 19.6. The Morgan fingerprint density at radius 3 is 2.41 bits per heavy atom. The number of fused-ring (bicyclic) bond motifs is 1. The number of nitrogens with zero attached hydrogens (tertiary/aromatic N) is 1. The zero-order valence-electron chi connectivity index (χ0n) is 15.8. The summed E-state index contributed by atoms with van der Waals surface area (Å²) in [5.74, 6) is -1.51. The van der Waals surface area contributed by atoms with E-state index in [1.54, 1.807) is 4.90 Å². The number of alkyl halides is 3. The third-order valence-corrected chi connectivity index (χ3v) is 5.83. The first-order valence-corrected chi connectivity index (χ1v) is 9.53. The van der Waals surface area contributed by atoms with E-state index >= 15 is 0 Å². The molecule has 1 saturated carbocycles. The lowest BCUT2D eigenvalue weighted by Gasteiger charge is -2.37. The standard InChI is InChI=1S/C22H20F3NO3/c1-21(29)19(27)11-13-10-18(15-8-4-5-9-17(15)22(23,24)25)26(12-16(13)20(21)28)14-6-2-3-7-14/h4-5,8-12,14,29H,2-3,6-7H2,1H3. The SMILES string of the molecule is CC1(O)C(=O)C=C2C=C(c3ccccc3C(F)(F)F)N(C3CCCC3)C=C2C1=O. The van der Waals surface area contributed by atoms with Crippen LogP contribution in [0.3, 0.4) is 0 Å². The summed E-state index contributed by atoms with van der Waals surface area (Å²) in [6, 6.07) is 5.25. The molecule has 1 heterocycles. The molecule has 1 unspecified atom stereocenters. The minimum absolute atomic E-state index is 0.000307. The Hall–Kier alpha value is -2.67. The molecule has 1 N–H and O–H groups in total. The molecule has 1 aliphatic heterocycles. The summed E-state index contributed by atoms with van der Waals surface area (Å²) in [6.07, 6.45) is 3.04. The van der Waals surface area contributed by atoms with Crippen molar-refractivity contribution in [1.29, 1.82) is 0 Å². The van der Waals surface area contributed by atoms with Crippen LogP contribution in [-0.4, -0.2) is 33.2 Å². The van der Waals surface area contributed by atoms with Gasteiger partial charge in [-0.2, -0.15) is 13.2 Å². The lowest BCUT2D eigenvalue weighted by atomic mass is 9.79. The van der Waals surface area contributed by atoms with Crippen molar-refractivity contribution in [3.8, 4) is 0 Å². The Bertz CT molecular complexity index is 979. The summed E-state index contributed by atoms with van der Waals surface area (Å²) in [5.41, 5.74) is -2.25. The Balaban J connectivity index is 1.91. The second kappa shape index (κ2) is 6.69. The number of hydrogen-bond acceptors (Lipinski definition) is 4. The average molecular weight is 403 g/mol. The van der Waals surface area contributed by atoms with Crippen molar-refractivity contribution in [2.24, 2.45) is 0 Å². The molecule has 1 atom stereocenters. The Morgan fingerprint density at radius 1 is 1.10 bits per heavy atom. The zero-order chi connectivity index (χ0) is 21.0. The van der Waals surface area contributed by atoms with Crippen molar-refractivity contribution >= 4 is 17.3 Å². The molecular weight excluding hydrogens is 383 g/mol. The fraction of sp³-hybridized carbons (Fsp3) is 0.364.